The van der Waals surface area contributed by atoms with Crippen molar-refractivity contribution in [1.82, 2.24) is 5.32 Å². The highest BCUT2D eigenvalue weighted by molar-refractivity contribution is 7.12. The quantitative estimate of drug-likeness (QED) is 0.824. The minimum atomic E-state index is 0.404. The number of thiophene rings is 1. The van der Waals surface area contributed by atoms with E-state index in [0.29, 0.717) is 18.0 Å². The lowest BCUT2D eigenvalue weighted by molar-refractivity contribution is 0.142. The summed E-state index contributed by atoms with van der Waals surface area (Å²) in [5.74, 6) is 0.587. The molecule has 0 aromatic carbocycles. The Morgan fingerprint density at radius 3 is 2.44 bits per heavy atom. The minimum Gasteiger partial charge on any atom is -0.383 e. The van der Waals surface area contributed by atoms with Gasteiger partial charge in [0.15, 0.2) is 0 Å². The zero-order chi connectivity index (χ0) is 12.1. The summed E-state index contributed by atoms with van der Waals surface area (Å²) in [5, 5.41) is 3.63. The summed E-state index contributed by atoms with van der Waals surface area (Å²) in [4.78, 5) is 2.77. The average molecular weight is 241 g/mol. The fourth-order valence-electron chi connectivity index (χ4n) is 1.70. The maximum Gasteiger partial charge on any atom is 0.0618 e. The third-order valence-electron chi connectivity index (χ3n) is 2.80. The highest BCUT2D eigenvalue weighted by atomic mass is 32.1. The van der Waals surface area contributed by atoms with Crippen LogP contribution >= 0.6 is 11.3 Å². The molecule has 0 bridgehead atoms. The Hall–Kier alpha value is -0.380. The van der Waals surface area contributed by atoms with Crippen molar-refractivity contribution in [2.24, 2.45) is 5.92 Å². The number of rotatable bonds is 6. The van der Waals surface area contributed by atoms with Crippen molar-refractivity contribution in [3.05, 3.63) is 21.9 Å². The molecular formula is C13H23NOS. The van der Waals surface area contributed by atoms with Crippen molar-refractivity contribution in [3.8, 4) is 0 Å². The smallest absolute Gasteiger partial charge is 0.0618 e. The van der Waals surface area contributed by atoms with Crippen molar-refractivity contribution >= 4 is 11.3 Å². The summed E-state index contributed by atoms with van der Waals surface area (Å²) < 4.78 is 5.25. The minimum absolute atomic E-state index is 0.404. The highest BCUT2D eigenvalue weighted by Gasteiger charge is 2.17. The van der Waals surface area contributed by atoms with E-state index in [1.165, 1.54) is 9.75 Å². The maximum atomic E-state index is 5.25. The van der Waals surface area contributed by atoms with Crippen LogP contribution in [0.2, 0.25) is 0 Å². The van der Waals surface area contributed by atoms with Gasteiger partial charge in [-0.05, 0) is 31.9 Å². The molecule has 0 aliphatic rings. The maximum absolute atomic E-state index is 5.25. The Kier molecular flexibility index (Phi) is 5.46. The van der Waals surface area contributed by atoms with E-state index < -0.39 is 0 Å². The normalized spacial score (nSPS) is 15.4. The van der Waals surface area contributed by atoms with Crippen LogP contribution in [-0.2, 0) is 4.74 Å². The van der Waals surface area contributed by atoms with Crippen molar-refractivity contribution < 1.29 is 4.74 Å². The molecule has 0 aliphatic heterocycles. The molecule has 0 spiro atoms. The lowest BCUT2D eigenvalue weighted by atomic mass is 10.0. The monoisotopic (exact) mass is 241 g/mol. The Morgan fingerprint density at radius 2 is 2.00 bits per heavy atom. The molecule has 1 rings (SSSR count). The van der Waals surface area contributed by atoms with Crippen molar-refractivity contribution in [2.45, 2.75) is 39.8 Å². The fraction of sp³-hybridized carbons (Fsp3) is 0.692. The summed E-state index contributed by atoms with van der Waals surface area (Å²) in [6, 6.07) is 5.21. The van der Waals surface area contributed by atoms with Gasteiger partial charge in [0.1, 0.15) is 0 Å². The van der Waals surface area contributed by atoms with Crippen LogP contribution in [0.15, 0.2) is 12.1 Å². The molecule has 3 heteroatoms. The second-order valence-electron chi connectivity index (χ2n) is 4.64. The van der Waals surface area contributed by atoms with Crippen molar-refractivity contribution in [2.75, 3.05) is 13.7 Å². The molecule has 2 unspecified atom stereocenters. The van der Waals surface area contributed by atoms with Gasteiger partial charge in [-0.2, -0.15) is 0 Å². The Labute approximate surface area is 103 Å². The van der Waals surface area contributed by atoms with E-state index >= 15 is 0 Å². The number of ether oxygens (including phenoxy) is 1. The van der Waals surface area contributed by atoms with Crippen LogP contribution in [0.25, 0.3) is 0 Å². The number of hydrogen-bond donors (Lipinski definition) is 1. The molecule has 0 saturated carbocycles. The van der Waals surface area contributed by atoms with Crippen LogP contribution in [0, 0.1) is 12.8 Å². The molecule has 16 heavy (non-hydrogen) atoms. The molecule has 0 saturated heterocycles. The van der Waals surface area contributed by atoms with Crippen LogP contribution in [0.4, 0.5) is 0 Å². The molecule has 0 amide bonds. The lowest BCUT2D eigenvalue weighted by Crippen LogP contribution is -2.39. The second-order valence-corrected chi connectivity index (χ2v) is 5.96. The molecule has 0 aliphatic carbocycles. The number of nitrogens with one attached hydrogen (secondary N) is 1. The molecular weight excluding hydrogens is 218 g/mol. The molecule has 0 radical (unpaired) electrons. The second kappa shape index (κ2) is 6.38. The van der Waals surface area contributed by atoms with E-state index in [1.807, 2.05) is 11.3 Å². The largest absolute Gasteiger partial charge is 0.383 e. The third-order valence-corrected chi connectivity index (χ3v) is 3.99. The molecule has 1 aromatic heterocycles. The topological polar surface area (TPSA) is 21.3 Å². The standard InChI is InChI=1S/C13H23NOS/c1-9(2)12(8-15-5)14-11(4)13-7-6-10(3)16-13/h6-7,9,11-12,14H,8H2,1-5H3. The van der Waals surface area contributed by atoms with Crippen molar-refractivity contribution in [1.29, 1.82) is 0 Å². The van der Waals surface area contributed by atoms with Gasteiger partial charge in [0.2, 0.25) is 0 Å². The summed E-state index contributed by atoms with van der Waals surface area (Å²) in [7, 11) is 1.76. The van der Waals surface area contributed by atoms with Gasteiger partial charge in [-0.25, -0.2) is 0 Å². The molecule has 1 aromatic rings. The van der Waals surface area contributed by atoms with Crippen LogP contribution in [0.3, 0.4) is 0 Å². The Balaban J connectivity index is 2.57. The zero-order valence-electron chi connectivity index (χ0n) is 10.9. The van der Waals surface area contributed by atoms with Crippen LogP contribution in [-0.4, -0.2) is 19.8 Å². The number of aryl methyl sites for hydroxylation is 1. The zero-order valence-corrected chi connectivity index (χ0v) is 11.7. The molecule has 2 atom stereocenters. The van der Waals surface area contributed by atoms with E-state index in [0.717, 1.165) is 6.61 Å². The Morgan fingerprint density at radius 1 is 1.31 bits per heavy atom. The first-order valence-electron chi connectivity index (χ1n) is 5.86. The molecule has 92 valence electrons. The van der Waals surface area contributed by atoms with Crippen molar-refractivity contribution in [3.63, 3.8) is 0 Å². The van der Waals surface area contributed by atoms with Gasteiger partial charge in [-0.15, -0.1) is 11.3 Å². The molecule has 0 fully saturated rings. The fourth-order valence-corrected chi connectivity index (χ4v) is 2.59. The van der Waals surface area contributed by atoms with Gasteiger partial charge in [0.25, 0.3) is 0 Å². The summed E-state index contributed by atoms with van der Waals surface area (Å²) in [6.07, 6.45) is 0. The highest BCUT2D eigenvalue weighted by Crippen LogP contribution is 2.23. The van der Waals surface area contributed by atoms with Crippen LogP contribution in [0.1, 0.15) is 36.6 Å². The molecule has 1 N–H and O–H groups in total. The van der Waals surface area contributed by atoms with E-state index in [9.17, 15) is 0 Å². The average Bonchev–Trinajstić information content (AvgIpc) is 2.64. The van der Waals surface area contributed by atoms with E-state index in [1.54, 1.807) is 7.11 Å². The molecule has 2 nitrogen and oxygen atoms in total. The number of hydrogen-bond acceptors (Lipinski definition) is 3. The van der Waals surface area contributed by atoms with E-state index in [-0.39, 0.29) is 0 Å². The van der Waals surface area contributed by atoms with E-state index in [2.05, 4.69) is 45.1 Å². The first-order valence-corrected chi connectivity index (χ1v) is 6.67. The summed E-state index contributed by atoms with van der Waals surface area (Å²) >= 11 is 1.86. The summed E-state index contributed by atoms with van der Waals surface area (Å²) in [5.41, 5.74) is 0. The van der Waals surface area contributed by atoms with Gasteiger partial charge in [-0.1, -0.05) is 13.8 Å². The van der Waals surface area contributed by atoms with Crippen LogP contribution in [0.5, 0.6) is 0 Å². The van der Waals surface area contributed by atoms with Gasteiger partial charge in [-0.3, -0.25) is 0 Å². The molecule has 1 heterocycles. The summed E-state index contributed by atoms with van der Waals surface area (Å²) in [6.45, 7) is 9.59. The Bertz CT molecular complexity index is 309. The predicted octanol–water partition coefficient (Wildman–Crippen LogP) is 3.38. The van der Waals surface area contributed by atoms with Crippen LogP contribution < -0.4 is 5.32 Å². The number of methoxy groups -OCH3 is 1. The lowest BCUT2D eigenvalue weighted by Gasteiger charge is -2.25. The first kappa shape index (κ1) is 13.7. The predicted molar refractivity (Wildman–Crippen MR) is 71.1 cm³/mol. The SMILES string of the molecule is COCC(NC(C)c1ccc(C)s1)C(C)C. The van der Waals surface area contributed by atoms with Gasteiger partial charge >= 0.3 is 0 Å². The van der Waals surface area contributed by atoms with Gasteiger partial charge in [0.05, 0.1) is 6.61 Å². The van der Waals surface area contributed by atoms with Gasteiger partial charge < -0.3 is 10.1 Å². The van der Waals surface area contributed by atoms with E-state index in [4.69, 9.17) is 4.74 Å². The van der Waals surface area contributed by atoms with Gasteiger partial charge in [0, 0.05) is 28.9 Å². The third kappa shape index (κ3) is 3.89. The first-order chi connectivity index (χ1) is 7.54.